The third-order valence-electron chi connectivity index (χ3n) is 9.51. The van der Waals surface area contributed by atoms with Crippen LogP contribution in [0.5, 0.6) is 0 Å². The number of imidazole rings is 1. The monoisotopic (exact) mass is 573 g/mol. The van der Waals surface area contributed by atoms with Gasteiger partial charge in [-0.3, -0.25) is 14.5 Å². The number of ether oxygens (including phenoxy) is 1. The van der Waals surface area contributed by atoms with Gasteiger partial charge < -0.3 is 19.5 Å². The van der Waals surface area contributed by atoms with Crippen LogP contribution >= 0.6 is 0 Å². The van der Waals surface area contributed by atoms with Crippen LogP contribution in [-0.4, -0.2) is 60.4 Å². The number of H-pyrrole nitrogens is 1. The number of anilines is 2. The van der Waals surface area contributed by atoms with E-state index in [1.807, 2.05) is 24.5 Å². The number of fused-ring (bicyclic) bond motifs is 1. The number of pyridine rings is 1. The van der Waals surface area contributed by atoms with Crippen molar-refractivity contribution in [2.75, 3.05) is 30.0 Å². The summed E-state index contributed by atoms with van der Waals surface area (Å²) in [4.78, 5) is 36.0. The van der Waals surface area contributed by atoms with E-state index in [-0.39, 0.29) is 23.7 Å². The Labute approximate surface area is 244 Å². The minimum atomic E-state index is -0.641. The van der Waals surface area contributed by atoms with Crippen molar-refractivity contribution in [2.24, 2.45) is 17.8 Å². The van der Waals surface area contributed by atoms with Gasteiger partial charge >= 0.3 is 5.76 Å². The molecule has 222 valence electrons. The largest absolute Gasteiger partial charge is 0.439 e. The molecule has 2 saturated carbocycles. The van der Waals surface area contributed by atoms with E-state index in [1.165, 1.54) is 44.9 Å². The van der Waals surface area contributed by atoms with E-state index < -0.39 is 5.76 Å². The third-order valence-corrected chi connectivity index (χ3v) is 9.51. The molecule has 2 atom stereocenters. The molecule has 1 aliphatic heterocycles. The number of hydrogen-bond donors (Lipinski definition) is 2. The molecular formula is C30H39N9O3. The Bertz CT molecular complexity index is 1570. The molecule has 3 aliphatic rings. The van der Waals surface area contributed by atoms with Crippen molar-refractivity contribution >= 4 is 22.9 Å². The van der Waals surface area contributed by atoms with Crippen LogP contribution in [0.3, 0.4) is 0 Å². The second-order valence-corrected chi connectivity index (χ2v) is 12.3. The average molecular weight is 574 g/mol. The second-order valence-electron chi connectivity index (χ2n) is 12.3. The number of nitrogens with zero attached hydrogens (tertiary/aromatic N) is 7. The van der Waals surface area contributed by atoms with Crippen LogP contribution in [0.1, 0.15) is 70.4 Å². The van der Waals surface area contributed by atoms with Crippen LogP contribution in [0.15, 0.2) is 33.8 Å². The molecule has 2 N–H and O–H groups in total. The zero-order chi connectivity index (χ0) is 28.6. The van der Waals surface area contributed by atoms with Crippen molar-refractivity contribution in [3.05, 3.63) is 40.6 Å². The second kappa shape index (κ2) is 11.5. The van der Waals surface area contributed by atoms with Gasteiger partial charge in [0.2, 0.25) is 17.6 Å². The van der Waals surface area contributed by atoms with Crippen molar-refractivity contribution < 1.29 is 9.26 Å². The van der Waals surface area contributed by atoms with Gasteiger partial charge in [0.1, 0.15) is 5.52 Å². The zero-order valence-electron chi connectivity index (χ0n) is 24.3. The van der Waals surface area contributed by atoms with E-state index >= 15 is 0 Å². The molecule has 5 heterocycles. The van der Waals surface area contributed by atoms with Crippen LogP contribution < -0.4 is 16.0 Å². The summed E-state index contributed by atoms with van der Waals surface area (Å²) in [6, 6.07) is 4.33. The molecule has 42 heavy (non-hydrogen) atoms. The normalized spacial score (nSPS) is 24.0. The molecule has 0 radical (unpaired) electrons. The summed E-state index contributed by atoms with van der Waals surface area (Å²) in [5.74, 6) is 3.33. The van der Waals surface area contributed by atoms with E-state index in [4.69, 9.17) is 24.2 Å². The Hall–Kier alpha value is -3.80. The molecule has 0 spiro atoms. The molecule has 12 nitrogen and oxygen atoms in total. The Balaban J connectivity index is 1.38. The van der Waals surface area contributed by atoms with Crippen LogP contribution in [-0.2, 0) is 11.3 Å². The van der Waals surface area contributed by atoms with Gasteiger partial charge in [0, 0.05) is 31.5 Å². The van der Waals surface area contributed by atoms with Gasteiger partial charge in [-0.25, -0.2) is 14.8 Å². The molecule has 12 heteroatoms. The summed E-state index contributed by atoms with van der Waals surface area (Å²) < 4.78 is 13.1. The Morgan fingerprint density at radius 1 is 1.10 bits per heavy atom. The van der Waals surface area contributed by atoms with Gasteiger partial charge in [-0.1, -0.05) is 31.3 Å². The molecule has 0 unspecified atom stereocenters. The van der Waals surface area contributed by atoms with Gasteiger partial charge in [0.05, 0.1) is 19.3 Å². The predicted octanol–water partition coefficient (Wildman–Crippen LogP) is 4.57. The lowest BCUT2D eigenvalue weighted by molar-refractivity contribution is 0.0927. The predicted molar refractivity (Wildman–Crippen MR) is 158 cm³/mol. The highest BCUT2D eigenvalue weighted by Gasteiger charge is 2.33. The standard InChI is InChI=1S/C30H39N9O3/c1-18-6-8-20(9-7-18)16-39-24-25(32-19(2)21-4-3-5-21)33-27(28-36-30(40)42-37-28)34-26(24)35-29(39)38-14-15-41-17-23(38)22-10-12-31-13-11-22/h10-13,18-21,23H,3-9,14-17H2,1-2H3,(H,32,33,34)(H,36,37,40)/t18-,19-,20-,23+/m1/s1. The molecule has 0 bridgehead atoms. The van der Waals surface area contributed by atoms with Crippen molar-refractivity contribution in [1.82, 2.24) is 34.6 Å². The maximum absolute atomic E-state index is 11.8. The summed E-state index contributed by atoms with van der Waals surface area (Å²) in [5.41, 5.74) is 2.61. The van der Waals surface area contributed by atoms with E-state index in [0.29, 0.717) is 37.2 Å². The van der Waals surface area contributed by atoms with Crippen LogP contribution in [0.25, 0.3) is 22.8 Å². The molecule has 4 aromatic rings. The number of morpholine rings is 1. The molecule has 0 amide bonds. The number of aromatic nitrogens is 7. The molecule has 2 aliphatic carbocycles. The van der Waals surface area contributed by atoms with Gasteiger partial charge in [-0.05, 0) is 68.1 Å². The molecule has 3 fully saturated rings. The Kier molecular flexibility index (Phi) is 7.39. The summed E-state index contributed by atoms with van der Waals surface area (Å²) in [6.07, 6.45) is 12.2. The van der Waals surface area contributed by atoms with E-state index in [0.717, 1.165) is 35.3 Å². The lowest BCUT2D eigenvalue weighted by atomic mass is 9.80. The molecule has 4 aromatic heterocycles. The summed E-state index contributed by atoms with van der Waals surface area (Å²) in [7, 11) is 0. The maximum atomic E-state index is 11.8. The molecule has 1 saturated heterocycles. The Morgan fingerprint density at radius 3 is 2.62 bits per heavy atom. The number of nitrogens with one attached hydrogen (secondary N) is 2. The highest BCUT2D eigenvalue weighted by Crippen LogP contribution is 2.38. The first-order chi connectivity index (χ1) is 20.5. The van der Waals surface area contributed by atoms with Crippen molar-refractivity contribution in [1.29, 1.82) is 0 Å². The molecule has 7 rings (SSSR count). The first-order valence-electron chi connectivity index (χ1n) is 15.4. The fraction of sp³-hybridized carbons (Fsp3) is 0.600. The van der Waals surface area contributed by atoms with Crippen molar-refractivity contribution in [2.45, 2.75) is 77.4 Å². The van der Waals surface area contributed by atoms with Crippen molar-refractivity contribution in [3.63, 3.8) is 0 Å². The van der Waals surface area contributed by atoms with Gasteiger partial charge in [-0.2, -0.15) is 4.98 Å². The lowest BCUT2D eigenvalue weighted by Gasteiger charge is -2.37. The third kappa shape index (κ3) is 5.28. The topological polar surface area (TPSA) is 140 Å². The number of rotatable bonds is 8. The van der Waals surface area contributed by atoms with Gasteiger partial charge in [-0.15, -0.1) is 0 Å². The average Bonchev–Trinajstić information content (AvgIpc) is 3.57. The van der Waals surface area contributed by atoms with E-state index in [9.17, 15) is 4.79 Å². The smallest absolute Gasteiger partial charge is 0.377 e. The van der Waals surface area contributed by atoms with Gasteiger partial charge in [0.25, 0.3) is 0 Å². The van der Waals surface area contributed by atoms with Crippen molar-refractivity contribution in [3.8, 4) is 11.6 Å². The summed E-state index contributed by atoms with van der Waals surface area (Å²) in [6.45, 7) is 7.31. The van der Waals surface area contributed by atoms with Crippen LogP contribution in [0.4, 0.5) is 11.8 Å². The first-order valence-corrected chi connectivity index (χ1v) is 15.4. The Morgan fingerprint density at radius 2 is 1.90 bits per heavy atom. The highest BCUT2D eigenvalue weighted by molar-refractivity contribution is 5.87. The lowest BCUT2D eigenvalue weighted by Crippen LogP contribution is -2.41. The summed E-state index contributed by atoms with van der Waals surface area (Å²) in [5, 5.41) is 7.62. The fourth-order valence-corrected chi connectivity index (χ4v) is 6.70. The first kappa shape index (κ1) is 27.1. The number of aromatic amines is 1. The van der Waals surface area contributed by atoms with E-state index in [1.54, 1.807) is 0 Å². The maximum Gasteiger partial charge on any atom is 0.439 e. The van der Waals surface area contributed by atoms with E-state index in [2.05, 4.69) is 43.8 Å². The fourth-order valence-electron chi connectivity index (χ4n) is 6.70. The molecular weight excluding hydrogens is 534 g/mol. The minimum absolute atomic E-state index is 0.00618. The molecule has 0 aromatic carbocycles. The van der Waals surface area contributed by atoms with Gasteiger partial charge in [0.15, 0.2) is 11.5 Å². The SMILES string of the molecule is C[C@@H](Nc1nc(-c2noc(=O)[nH]2)nc2nc(N3CCOC[C@H]3c3ccncc3)n(C[C@H]3CC[C@H](C)CC3)c12)C1CCC1. The highest BCUT2D eigenvalue weighted by atomic mass is 16.5. The van der Waals surface area contributed by atoms with Crippen LogP contribution in [0.2, 0.25) is 0 Å². The van der Waals surface area contributed by atoms with Crippen LogP contribution in [0, 0.1) is 17.8 Å². The minimum Gasteiger partial charge on any atom is -0.377 e. The summed E-state index contributed by atoms with van der Waals surface area (Å²) >= 11 is 0. The zero-order valence-corrected chi connectivity index (χ0v) is 24.3. The number of hydrogen-bond acceptors (Lipinski definition) is 10. The quantitative estimate of drug-likeness (QED) is 0.308.